The van der Waals surface area contributed by atoms with Crippen molar-refractivity contribution < 1.29 is 35.9 Å². The van der Waals surface area contributed by atoms with E-state index in [2.05, 4.69) is 0 Å². The zero-order valence-electron chi connectivity index (χ0n) is 11.3. The topological polar surface area (TPSA) is 49.4 Å². The van der Waals surface area contributed by atoms with E-state index in [-0.39, 0.29) is 6.42 Å². The minimum absolute atomic E-state index is 0.263. The number of likely N-dealkylation sites (tertiary alicyclic amines) is 1. The SMILES string of the molecule is O=C(C1CC1)N1C[C@@H](NC(=O)C(F)(F)F)CC[C@H]1C(F)(F)F. The summed E-state index contributed by atoms with van der Waals surface area (Å²) in [5.74, 6) is -3.39. The van der Waals surface area contributed by atoms with Crippen molar-refractivity contribution in [2.45, 2.75) is 50.1 Å². The van der Waals surface area contributed by atoms with Gasteiger partial charge in [0.05, 0.1) is 0 Å². The van der Waals surface area contributed by atoms with Gasteiger partial charge in [-0.3, -0.25) is 9.59 Å². The molecule has 1 aliphatic heterocycles. The molecule has 0 aromatic carbocycles. The molecule has 0 unspecified atom stereocenters. The van der Waals surface area contributed by atoms with Crippen molar-refractivity contribution >= 4 is 11.8 Å². The molecule has 1 saturated heterocycles. The Hall–Kier alpha value is -1.48. The second kappa shape index (κ2) is 5.62. The summed E-state index contributed by atoms with van der Waals surface area (Å²) in [5.41, 5.74) is 0. The van der Waals surface area contributed by atoms with Gasteiger partial charge < -0.3 is 10.2 Å². The number of nitrogens with one attached hydrogen (secondary N) is 1. The largest absolute Gasteiger partial charge is 0.471 e. The summed E-state index contributed by atoms with van der Waals surface area (Å²) in [7, 11) is 0. The van der Waals surface area contributed by atoms with Crippen LogP contribution in [0.5, 0.6) is 0 Å². The van der Waals surface area contributed by atoms with Gasteiger partial charge in [0.25, 0.3) is 0 Å². The van der Waals surface area contributed by atoms with Crippen molar-refractivity contribution in [1.29, 1.82) is 0 Å². The highest BCUT2D eigenvalue weighted by Crippen LogP contribution is 2.37. The van der Waals surface area contributed by atoms with Crippen molar-refractivity contribution in [2.75, 3.05) is 6.54 Å². The Bertz CT molecular complexity index is 458. The van der Waals surface area contributed by atoms with E-state index in [0.717, 1.165) is 0 Å². The van der Waals surface area contributed by atoms with Gasteiger partial charge in [-0.25, -0.2) is 0 Å². The van der Waals surface area contributed by atoms with Crippen molar-refractivity contribution in [3.05, 3.63) is 0 Å². The predicted molar refractivity (Wildman–Crippen MR) is 61.5 cm³/mol. The third-order valence-corrected chi connectivity index (χ3v) is 3.76. The predicted octanol–water partition coefficient (Wildman–Crippen LogP) is 2.00. The summed E-state index contributed by atoms with van der Waals surface area (Å²) < 4.78 is 75.4. The molecule has 4 nitrogen and oxygen atoms in total. The van der Waals surface area contributed by atoms with Gasteiger partial charge >= 0.3 is 18.3 Å². The molecule has 22 heavy (non-hydrogen) atoms. The Labute approximate surface area is 121 Å². The molecular formula is C12H14F6N2O2. The number of hydrogen-bond acceptors (Lipinski definition) is 2. The van der Waals surface area contributed by atoms with E-state index in [1.54, 1.807) is 5.32 Å². The molecule has 1 aliphatic carbocycles. The Balaban J connectivity index is 2.07. The van der Waals surface area contributed by atoms with Gasteiger partial charge in [0.2, 0.25) is 5.91 Å². The summed E-state index contributed by atoms with van der Waals surface area (Å²) in [5, 5.41) is 1.65. The van der Waals surface area contributed by atoms with Crippen LogP contribution >= 0.6 is 0 Å². The molecule has 126 valence electrons. The Morgan fingerprint density at radius 2 is 1.55 bits per heavy atom. The number of piperidine rings is 1. The minimum atomic E-state index is -5.10. The molecule has 10 heteroatoms. The van der Waals surface area contributed by atoms with Crippen LogP contribution in [-0.4, -0.2) is 47.7 Å². The lowest BCUT2D eigenvalue weighted by atomic mass is 9.97. The van der Waals surface area contributed by atoms with Crippen LogP contribution in [-0.2, 0) is 9.59 Å². The van der Waals surface area contributed by atoms with E-state index in [1.165, 1.54) is 0 Å². The Morgan fingerprint density at radius 3 is 2.00 bits per heavy atom. The summed E-state index contributed by atoms with van der Waals surface area (Å²) in [6.45, 7) is -0.554. The number of hydrogen-bond donors (Lipinski definition) is 1. The molecule has 2 atom stereocenters. The maximum atomic E-state index is 13.0. The van der Waals surface area contributed by atoms with Crippen LogP contribution < -0.4 is 5.32 Å². The molecule has 2 rings (SSSR count). The molecule has 1 saturated carbocycles. The van der Waals surface area contributed by atoms with Gasteiger partial charge in [0.1, 0.15) is 6.04 Å². The molecule has 2 fully saturated rings. The van der Waals surface area contributed by atoms with Crippen molar-refractivity contribution in [3.8, 4) is 0 Å². The Morgan fingerprint density at radius 1 is 0.955 bits per heavy atom. The summed E-state index contributed by atoms with van der Waals surface area (Å²) in [6, 6.07) is -3.13. The van der Waals surface area contributed by atoms with Crippen LogP contribution in [0.25, 0.3) is 0 Å². The highest BCUT2D eigenvalue weighted by molar-refractivity contribution is 5.83. The number of nitrogens with zero attached hydrogens (tertiary/aromatic N) is 1. The van der Waals surface area contributed by atoms with Crippen LogP contribution in [0.3, 0.4) is 0 Å². The molecular weight excluding hydrogens is 318 g/mol. The minimum Gasteiger partial charge on any atom is -0.344 e. The lowest BCUT2D eigenvalue weighted by molar-refractivity contribution is -0.199. The number of carbonyl (C=O) groups excluding carboxylic acids is 2. The van der Waals surface area contributed by atoms with E-state index in [9.17, 15) is 35.9 Å². The van der Waals surface area contributed by atoms with Crippen molar-refractivity contribution in [1.82, 2.24) is 10.2 Å². The second-order valence-electron chi connectivity index (χ2n) is 5.57. The van der Waals surface area contributed by atoms with Crippen LogP contribution in [0, 0.1) is 5.92 Å². The van der Waals surface area contributed by atoms with Crippen molar-refractivity contribution in [3.63, 3.8) is 0 Å². The van der Waals surface area contributed by atoms with Crippen LogP contribution in [0.1, 0.15) is 25.7 Å². The number of alkyl halides is 6. The molecule has 0 aromatic rings. The van der Waals surface area contributed by atoms with Gasteiger partial charge in [0, 0.05) is 18.5 Å². The fraction of sp³-hybridized carbons (Fsp3) is 0.833. The van der Waals surface area contributed by atoms with Crippen LogP contribution in [0.4, 0.5) is 26.3 Å². The van der Waals surface area contributed by atoms with Gasteiger partial charge in [-0.1, -0.05) is 0 Å². The fourth-order valence-corrected chi connectivity index (χ4v) is 2.50. The quantitative estimate of drug-likeness (QED) is 0.787. The Kier molecular flexibility index (Phi) is 4.31. The highest BCUT2D eigenvalue weighted by Gasteiger charge is 2.51. The third-order valence-electron chi connectivity index (χ3n) is 3.76. The smallest absolute Gasteiger partial charge is 0.344 e. The zero-order chi connectivity index (χ0) is 16.7. The van der Waals surface area contributed by atoms with Gasteiger partial charge in [0.15, 0.2) is 0 Å². The summed E-state index contributed by atoms with van der Waals surface area (Å²) >= 11 is 0. The third kappa shape index (κ3) is 3.83. The molecule has 1 N–H and O–H groups in total. The zero-order valence-corrected chi connectivity index (χ0v) is 11.3. The maximum Gasteiger partial charge on any atom is 0.471 e. The van der Waals surface area contributed by atoms with Gasteiger partial charge in [-0.2, -0.15) is 26.3 Å². The first kappa shape index (κ1) is 16.9. The number of rotatable bonds is 2. The average Bonchev–Trinajstić information content (AvgIpc) is 3.19. The monoisotopic (exact) mass is 332 g/mol. The maximum absolute atomic E-state index is 13.0. The van der Waals surface area contributed by atoms with E-state index in [0.29, 0.717) is 17.7 Å². The van der Waals surface area contributed by atoms with Gasteiger partial charge in [-0.05, 0) is 25.7 Å². The second-order valence-corrected chi connectivity index (χ2v) is 5.57. The molecule has 0 spiro atoms. The molecule has 0 aromatic heterocycles. The first-order valence-corrected chi connectivity index (χ1v) is 6.75. The fourth-order valence-electron chi connectivity index (χ4n) is 2.50. The number of halogens is 6. The van der Waals surface area contributed by atoms with E-state index < -0.39 is 55.1 Å². The normalized spacial score (nSPS) is 26.7. The molecule has 0 bridgehead atoms. The lowest BCUT2D eigenvalue weighted by Crippen LogP contribution is -2.59. The van der Waals surface area contributed by atoms with Gasteiger partial charge in [-0.15, -0.1) is 0 Å². The van der Waals surface area contributed by atoms with E-state index in [4.69, 9.17) is 0 Å². The summed E-state index contributed by atoms with van der Waals surface area (Å²) in [6.07, 6.45) is -9.56. The van der Waals surface area contributed by atoms with Crippen LogP contribution in [0.2, 0.25) is 0 Å². The standard InChI is InChI=1S/C12H14F6N2O2/c13-11(14,15)8-4-3-7(19-10(22)12(16,17)18)5-20(8)9(21)6-1-2-6/h6-8H,1-5H2,(H,19,22)/t7-,8-/m0/s1. The van der Waals surface area contributed by atoms with Crippen molar-refractivity contribution in [2.24, 2.45) is 5.92 Å². The summed E-state index contributed by atoms with van der Waals surface area (Å²) in [4.78, 5) is 23.4. The molecule has 2 aliphatic rings. The molecule has 0 radical (unpaired) electrons. The number of carbonyl (C=O) groups is 2. The number of amides is 2. The highest BCUT2D eigenvalue weighted by atomic mass is 19.4. The first-order chi connectivity index (χ1) is 10.00. The first-order valence-electron chi connectivity index (χ1n) is 6.75. The van der Waals surface area contributed by atoms with E-state index in [1.807, 2.05) is 0 Å². The average molecular weight is 332 g/mol. The van der Waals surface area contributed by atoms with Crippen LogP contribution in [0.15, 0.2) is 0 Å². The molecule has 2 amide bonds. The lowest BCUT2D eigenvalue weighted by Gasteiger charge is -2.40. The molecule has 1 heterocycles. The van der Waals surface area contributed by atoms with E-state index >= 15 is 0 Å².